The first-order valence-corrected chi connectivity index (χ1v) is 9.76. The molecular formula is C22H24FN3O4. The van der Waals surface area contributed by atoms with E-state index in [0.717, 1.165) is 5.56 Å². The first-order chi connectivity index (χ1) is 14.3. The standard InChI is InChI=1S/C22H24FN3O4/c1-14-6-7-19(18(23)10-14)26-13-16(12-20(26)28)22(30)25-9-3-8-24-21(29)15-4-2-5-17(27)11-15/h2,4-7,10-11,16,27H,3,8-9,12-13H2,1H3,(H,24,29)(H,25,30). The summed E-state index contributed by atoms with van der Waals surface area (Å²) in [5.74, 6) is -1.86. The molecule has 3 rings (SSSR count). The van der Waals surface area contributed by atoms with Gasteiger partial charge in [-0.25, -0.2) is 4.39 Å². The monoisotopic (exact) mass is 413 g/mol. The first-order valence-electron chi connectivity index (χ1n) is 9.76. The maximum Gasteiger partial charge on any atom is 0.251 e. The summed E-state index contributed by atoms with van der Waals surface area (Å²) < 4.78 is 14.2. The molecule has 0 bridgehead atoms. The number of phenolic OH excluding ortho intramolecular Hbond substituents is 1. The Labute approximate surface area is 173 Å². The van der Waals surface area contributed by atoms with Gasteiger partial charge in [-0.3, -0.25) is 14.4 Å². The highest BCUT2D eigenvalue weighted by molar-refractivity contribution is 6.00. The van der Waals surface area contributed by atoms with Crippen LogP contribution in [-0.2, 0) is 9.59 Å². The molecule has 1 saturated heterocycles. The number of phenols is 1. The molecule has 1 aliphatic rings. The zero-order chi connectivity index (χ0) is 21.7. The minimum absolute atomic E-state index is 0.0144. The normalized spacial score (nSPS) is 15.9. The summed E-state index contributed by atoms with van der Waals surface area (Å²) >= 11 is 0. The molecule has 158 valence electrons. The average Bonchev–Trinajstić information content (AvgIpc) is 3.09. The van der Waals surface area contributed by atoms with Crippen LogP contribution in [0.2, 0.25) is 0 Å². The second-order valence-corrected chi connectivity index (χ2v) is 7.31. The molecule has 1 unspecified atom stereocenters. The van der Waals surface area contributed by atoms with E-state index in [1.165, 1.54) is 23.1 Å². The van der Waals surface area contributed by atoms with Gasteiger partial charge in [-0.15, -0.1) is 0 Å². The van der Waals surface area contributed by atoms with Crippen LogP contribution in [0.15, 0.2) is 42.5 Å². The summed E-state index contributed by atoms with van der Waals surface area (Å²) in [6.45, 7) is 2.59. The van der Waals surface area contributed by atoms with Crippen molar-refractivity contribution in [3.05, 3.63) is 59.4 Å². The lowest BCUT2D eigenvalue weighted by molar-refractivity contribution is -0.126. The van der Waals surface area contributed by atoms with E-state index >= 15 is 0 Å². The topological polar surface area (TPSA) is 98.7 Å². The lowest BCUT2D eigenvalue weighted by atomic mass is 10.1. The number of rotatable bonds is 7. The van der Waals surface area contributed by atoms with Crippen molar-refractivity contribution in [2.75, 3.05) is 24.5 Å². The van der Waals surface area contributed by atoms with Crippen LogP contribution in [0.5, 0.6) is 5.75 Å². The van der Waals surface area contributed by atoms with Crippen molar-refractivity contribution in [2.45, 2.75) is 19.8 Å². The van der Waals surface area contributed by atoms with Crippen LogP contribution in [0.25, 0.3) is 0 Å². The third-order valence-electron chi connectivity index (χ3n) is 4.94. The van der Waals surface area contributed by atoms with Gasteiger partial charge in [0.2, 0.25) is 11.8 Å². The number of nitrogens with one attached hydrogen (secondary N) is 2. The zero-order valence-corrected chi connectivity index (χ0v) is 16.7. The number of carbonyl (C=O) groups is 3. The highest BCUT2D eigenvalue weighted by atomic mass is 19.1. The van der Waals surface area contributed by atoms with E-state index in [-0.39, 0.29) is 42.1 Å². The predicted octanol–water partition coefficient (Wildman–Crippen LogP) is 2.13. The van der Waals surface area contributed by atoms with Crippen molar-refractivity contribution >= 4 is 23.4 Å². The molecule has 0 aliphatic carbocycles. The van der Waals surface area contributed by atoms with E-state index < -0.39 is 11.7 Å². The van der Waals surface area contributed by atoms with E-state index in [0.29, 0.717) is 25.1 Å². The number of amides is 3. The third-order valence-corrected chi connectivity index (χ3v) is 4.94. The van der Waals surface area contributed by atoms with Crippen molar-refractivity contribution < 1.29 is 23.9 Å². The highest BCUT2D eigenvalue weighted by Gasteiger charge is 2.36. The summed E-state index contributed by atoms with van der Waals surface area (Å²) in [5, 5.41) is 14.9. The smallest absolute Gasteiger partial charge is 0.251 e. The molecule has 7 nitrogen and oxygen atoms in total. The lowest BCUT2D eigenvalue weighted by Crippen LogP contribution is -2.35. The maximum atomic E-state index is 14.2. The van der Waals surface area contributed by atoms with E-state index in [1.54, 1.807) is 31.2 Å². The number of anilines is 1. The summed E-state index contributed by atoms with van der Waals surface area (Å²) in [4.78, 5) is 37.9. The Hall–Kier alpha value is -3.42. The van der Waals surface area contributed by atoms with Gasteiger partial charge in [0.25, 0.3) is 5.91 Å². The lowest BCUT2D eigenvalue weighted by Gasteiger charge is -2.17. The van der Waals surface area contributed by atoms with E-state index in [9.17, 15) is 23.9 Å². The Morgan fingerprint density at radius 3 is 2.67 bits per heavy atom. The maximum absolute atomic E-state index is 14.2. The molecule has 3 amide bonds. The second kappa shape index (κ2) is 9.39. The van der Waals surface area contributed by atoms with Gasteiger partial charge < -0.3 is 20.6 Å². The van der Waals surface area contributed by atoms with Crippen molar-refractivity contribution in [1.29, 1.82) is 0 Å². The summed E-state index contributed by atoms with van der Waals surface area (Å²) in [7, 11) is 0. The summed E-state index contributed by atoms with van der Waals surface area (Å²) in [5.41, 5.74) is 1.30. The molecule has 0 spiro atoms. The molecule has 3 N–H and O–H groups in total. The quantitative estimate of drug-likeness (QED) is 0.606. The number of aryl methyl sites for hydroxylation is 1. The van der Waals surface area contributed by atoms with Crippen molar-refractivity contribution in [1.82, 2.24) is 10.6 Å². The molecule has 2 aromatic carbocycles. The molecule has 1 aliphatic heterocycles. The number of hydrogen-bond acceptors (Lipinski definition) is 4. The Morgan fingerprint density at radius 1 is 1.17 bits per heavy atom. The Bertz CT molecular complexity index is 963. The van der Waals surface area contributed by atoms with Crippen molar-refractivity contribution in [2.24, 2.45) is 5.92 Å². The number of halogens is 1. The van der Waals surface area contributed by atoms with Gasteiger partial charge in [-0.2, -0.15) is 0 Å². The average molecular weight is 413 g/mol. The molecule has 30 heavy (non-hydrogen) atoms. The fourth-order valence-corrected chi connectivity index (χ4v) is 3.34. The van der Waals surface area contributed by atoms with E-state index in [1.807, 2.05) is 0 Å². The molecule has 0 saturated carbocycles. The number of nitrogens with zero attached hydrogens (tertiary/aromatic N) is 1. The fourth-order valence-electron chi connectivity index (χ4n) is 3.34. The molecule has 1 atom stereocenters. The first kappa shape index (κ1) is 21.3. The summed E-state index contributed by atoms with van der Waals surface area (Å²) in [6, 6.07) is 10.7. The number of aromatic hydroxyl groups is 1. The number of benzene rings is 2. The van der Waals surface area contributed by atoms with Gasteiger partial charge >= 0.3 is 0 Å². The molecular weight excluding hydrogens is 389 g/mol. The second-order valence-electron chi connectivity index (χ2n) is 7.31. The van der Waals surface area contributed by atoms with Gasteiger partial charge in [0.05, 0.1) is 11.6 Å². The van der Waals surface area contributed by atoms with Crippen LogP contribution in [0, 0.1) is 18.7 Å². The molecule has 0 aromatic heterocycles. The molecule has 0 radical (unpaired) electrons. The predicted molar refractivity (Wildman–Crippen MR) is 110 cm³/mol. The van der Waals surface area contributed by atoms with E-state index in [4.69, 9.17) is 0 Å². The fraction of sp³-hybridized carbons (Fsp3) is 0.318. The van der Waals surface area contributed by atoms with Crippen molar-refractivity contribution in [3.8, 4) is 5.75 Å². The molecule has 1 heterocycles. The minimum Gasteiger partial charge on any atom is -0.508 e. The summed E-state index contributed by atoms with van der Waals surface area (Å²) in [6.07, 6.45) is 0.542. The van der Waals surface area contributed by atoms with Gasteiger partial charge in [0.1, 0.15) is 11.6 Å². The van der Waals surface area contributed by atoms with Crippen LogP contribution in [0.1, 0.15) is 28.8 Å². The minimum atomic E-state index is -0.542. The SMILES string of the molecule is Cc1ccc(N2CC(C(=O)NCCCNC(=O)c3cccc(O)c3)CC2=O)c(F)c1. The van der Waals surface area contributed by atoms with Crippen LogP contribution < -0.4 is 15.5 Å². The van der Waals surface area contributed by atoms with Gasteiger partial charge in [0, 0.05) is 31.6 Å². The third kappa shape index (κ3) is 5.14. The van der Waals surface area contributed by atoms with Gasteiger partial charge in [0.15, 0.2) is 0 Å². The molecule has 2 aromatic rings. The van der Waals surface area contributed by atoms with Crippen LogP contribution in [0.3, 0.4) is 0 Å². The Morgan fingerprint density at radius 2 is 1.93 bits per heavy atom. The van der Waals surface area contributed by atoms with E-state index in [2.05, 4.69) is 10.6 Å². The highest BCUT2D eigenvalue weighted by Crippen LogP contribution is 2.28. The van der Waals surface area contributed by atoms with Gasteiger partial charge in [-0.1, -0.05) is 12.1 Å². The zero-order valence-electron chi connectivity index (χ0n) is 16.7. The van der Waals surface area contributed by atoms with Crippen molar-refractivity contribution in [3.63, 3.8) is 0 Å². The number of hydrogen-bond donors (Lipinski definition) is 3. The van der Waals surface area contributed by atoms with Crippen LogP contribution in [-0.4, -0.2) is 42.5 Å². The molecule has 1 fully saturated rings. The van der Waals surface area contributed by atoms with Gasteiger partial charge in [-0.05, 0) is 49.2 Å². The largest absolute Gasteiger partial charge is 0.508 e. The Kier molecular flexibility index (Phi) is 6.66. The number of carbonyl (C=O) groups excluding carboxylic acids is 3. The van der Waals surface area contributed by atoms with Crippen LogP contribution >= 0.6 is 0 Å². The van der Waals surface area contributed by atoms with Crippen LogP contribution in [0.4, 0.5) is 10.1 Å². The molecule has 8 heteroatoms. The Balaban J connectivity index is 1.42.